The van der Waals surface area contributed by atoms with Crippen LogP contribution < -0.4 is 10.1 Å². The first-order chi connectivity index (χ1) is 12.0. The molecule has 1 unspecified atom stereocenters. The number of rotatable bonds is 0. The topological polar surface area (TPSA) is 83.8 Å². The fraction of sp³-hybridized carbons (Fsp3) is 0.188. The van der Waals surface area contributed by atoms with E-state index in [4.69, 9.17) is 9.84 Å². The fourth-order valence-corrected chi connectivity index (χ4v) is 5.22. The van der Waals surface area contributed by atoms with Crippen LogP contribution in [0.3, 0.4) is 0 Å². The highest BCUT2D eigenvalue weighted by Crippen LogP contribution is 2.57. The summed E-state index contributed by atoms with van der Waals surface area (Å²) in [6, 6.07) is 7.98. The minimum Gasteiger partial charge on any atom is -0.465 e. The maximum absolute atomic E-state index is 11.1. The molecule has 0 bridgehead atoms. The second-order valence-electron chi connectivity index (χ2n) is 5.54. The first-order valence-electron chi connectivity index (χ1n) is 7.35. The number of aliphatic imine (C=N–C) groups is 1. The Morgan fingerprint density at radius 2 is 2.24 bits per heavy atom. The molecule has 2 aliphatic rings. The van der Waals surface area contributed by atoms with Gasteiger partial charge in [-0.15, -0.1) is 0 Å². The summed E-state index contributed by atoms with van der Waals surface area (Å²) in [5, 5.41) is 11.9. The molecule has 2 aliphatic heterocycles. The van der Waals surface area contributed by atoms with Gasteiger partial charge in [-0.2, -0.15) is 0 Å². The highest BCUT2D eigenvalue weighted by molar-refractivity contribution is 14.1. The SMILES string of the molecule is O=C(O)NC1=NCCC2(S1)c1cc(I)ccc1Oc1ncc(Br)cc12. The van der Waals surface area contributed by atoms with Crippen LogP contribution in [0.5, 0.6) is 11.6 Å². The molecule has 0 saturated carbocycles. The van der Waals surface area contributed by atoms with E-state index in [1.807, 2.05) is 18.2 Å². The number of nitrogens with one attached hydrogen (secondary N) is 1. The first kappa shape index (κ1) is 17.1. The fourth-order valence-electron chi connectivity index (χ4n) is 3.05. The average molecular weight is 532 g/mol. The Hall–Kier alpha value is -1.33. The van der Waals surface area contributed by atoms with Crippen molar-refractivity contribution in [2.75, 3.05) is 6.54 Å². The van der Waals surface area contributed by atoms with E-state index in [-0.39, 0.29) is 0 Å². The second kappa shape index (κ2) is 6.44. The Morgan fingerprint density at radius 1 is 1.40 bits per heavy atom. The molecule has 9 heteroatoms. The van der Waals surface area contributed by atoms with E-state index in [2.05, 4.69) is 59.9 Å². The number of pyridine rings is 1. The largest absolute Gasteiger partial charge is 0.465 e. The number of carboxylic acid groups (broad SMARTS) is 1. The number of hydrogen-bond donors (Lipinski definition) is 2. The monoisotopic (exact) mass is 531 g/mol. The summed E-state index contributed by atoms with van der Waals surface area (Å²) in [6.07, 6.45) is 1.30. The smallest absolute Gasteiger partial charge is 0.410 e. The molecule has 6 nitrogen and oxygen atoms in total. The number of amidine groups is 1. The lowest BCUT2D eigenvalue weighted by atomic mass is 9.85. The Kier molecular flexibility index (Phi) is 4.40. The third kappa shape index (κ3) is 3.02. The summed E-state index contributed by atoms with van der Waals surface area (Å²) in [5.41, 5.74) is 1.93. The summed E-state index contributed by atoms with van der Waals surface area (Å²) in [7, 11) is 0. The Bertz CT molecular complexity index is 870. The molecule has 0 fully saturated rings. The molecule has 0 aliphatic carbocycles. The van der Waals surface area contributed by atoms with Crippen LogP contribution in [0, 0.1) is 3.57 Å². The van der Waals surface area contributed by atoms with E-state index >= 15 is 0 Å². The minimum atomic E-state index is -1.12. The molecule has 2 aromatic rings. The van der Waals surface area contributed by atoms with Gasteiger partial charge < -0.3 is 9.84 Å². The average Bonchev–Trinajstić information content (AvgIpc) is 2.56. The molecule has 1 atom stereocenters. The number of aromatic nitrogens is 1. The van der Waals surface area contributed by atoms with Crippen molar-refractivity contribution in [3.8, 4) is 11.6 Å². The van der Waals surface area contributed by atoms with Gasteiger partial charge in [-0.1, -0.05) is 11.8 Å². The summed E-state index contributed by atoms with van der Waals surface area (Å²) >= 11 is 7.15. The summed E-state index contributed by atoms with van der Waals surface area (Å²) in [4.78, 5) is 19.8. The third-order valence-electron chi connectivity index (χ3n) is 4.04. The zero-order valence-electron chi connectivity index (χ0n) is 12.6. The molecule has 1 amide bonds. The molecule has 4 rings (SSSR count). The quantitative estimate of drug-likeness (QED) is 0.487. The highest BCUT2D eigenvalue weighted by Gasteiger charge is 2.46. The van der Waals surface area contributed by atoms with Gasteiger partial charge in [0.1, 0.15) is 5.75 Å². The molecular weight excluding hydrogens is 521 g/mol. The van der Waals surface area contributed by atoms with Crippen LogP contribution in [-0.4, -0.2) is 27.9 Å². The van der Waals surface area contributed by atoms with Gasteiger partial charge in [0.15, 0.2) is 5.17 Å². The van der Waals surface area contributed by atoms with Gasteiger partial charge in [0.25, 0.3) is 0 Å². The second-order valence-corrected chi connectivity index (χ2v) is 8.99. The number of halogens is 2. The van der Waals surface area contributed by atoms with Crippen LogP contribution in [-0.2, 0) is 4.75 Å². The highest BCUT2D eigenvalue weighted by atomic mass is 127. The number of amides is 1. The molecule has 2 N–H and O–H groups in total. The molecule has 25 heavy (non-hydrogen) atoms. The van der Waals surface area contributed by atoms with Crippen molar-refractivity contribution in [3.63, 3.8) is 0 Å². The van der Waals surface area contributed by atoms with Crippen LogP contribution in [0.25, 0.3) is 0 Å². The predicted octanol–water partition coefficient (Wildman–Crippen LogP) is 4.56. The number of hydrogen-bond acceptors (Lipinski definition) is 5. The maximum atomic E-state index is 11.1. The maximum Gasteiger partial charge on any atom is 0.410 e. The Morgan fingerprint density at radius 3 is 3.04 bits per heavy atom. The van der Waals surface area contributed by atoms with Gasteiger partial charge in [0, 0.05) is 31.9 Å². The van der Waals surface area contributed by atoms with E-state index in [1.165, 1.54) is 11.8 Å². The lowest BCUT2D eigenvalue weighted by Gasteiger charge is -2.40. The Labute approximate surface area is 169 Å². The van der Waals surface area contributed by atoms with Crippen molar-refractivity contribution in [2.45, 2.75) is 11.2 Å². The molecule has 1 spiro atoms. The van der Waals surface area contributed by atoms with Crippen molar-refractivity contribution < 1.29 is 14.6 Å². The van der Waals surface area contributed by atoms with Gasteiger partial charge in [0.05, 0.1) is 4.75 Å². The number of benzene rings is 1. The number of fused-ring (bicyclic) bond motifs is 4. The van der Waals surface area contributed by atoms with Gasteiger partial charge in [-0.3, -0.25) is 10.3 Å². The number of carbonyl (C=O) groups is 1. The van der Waals surface area contributed by atoms with Crippen molar-refractivity contribution in [3.05, 3.63) is 49.6 Å². The summed E-state index contributed by atoms with van der Waals surface area (Å²) in [6.45, 7) is 0.513. The van der Waals surface area contributed by atoms with Crippen molar-refractivity contribution >= 4 is 61.5 Å². The molecule has 1 aromatic carbocycles. The molecule has 1 aromatic heterocycles. The van der Waals surface area contributed by atoms with Crippen molar-refractivity contribution in [1.82, 2.24) is 10.3 Å². The first-order valence-corrected chi connectivity index (χ1v) is 10.0. The standard InChI is InChI=1S/C16H11BrIN3O3S/c17-8-5-11-13(20-7-8)24-12-2-1-9(18)6-10(12)16(11)3-4-19-14(25-16)21-15(22)23/h1-2,5-7H,3-4H2,(H,19,21)(H,22,23). The van der Waals surface area contributed by atoms with E-state index in [0.29, 0.717) is 17.6 Å². The molecule has 3 heterocycles. The van der Waals surface area contributed by atoms with Crippen molar-refractivity contribution in [1.29, 1.82) is 0 Å². The van der Waals surface area contributed by atoms with Gasteiger partial charge in [0.2, 0.25) is 5.88 Å². The van der Waals surface area contributed by atoms with Crippen LogP contribution in [0.1, 0.15) is 17.5 Å². The lowest BCUT2D eigenvalue weighted by molar-refractivity contribution is 0.200. The Balaban J connectivity index is 1.92. The lowest BCUT2D eigenvalue weighted by Crippen LogP contribution is -2.38. The van der Waals surface area contributed by atoms with Gasteiger partial charge in [-0.05, 0) is 69.2 Å². The number of thioether (sulfide) groups is 1. The number of nitrogens with zero attached hydrogens (tertiary/aromatic N) is 2. The van der Waals surface area contributed by atoms with Gasteiger partial charge >= 0.3 is 6.09 Å². The van der Waals surface area contributed by atoms with Crippen molar-refractivity contribution in [2.24, 2.45) is 4.99 Å². The molecule has 0 saturated heterocycles. The summed E-state index contributed by atoms with van der Waals surface area (Å²) < 4.78 is 7.44. The van der Waals surface area contributed by atoms with E-state index in [1.54, 1.807) is 6.20 Å². The van der Waals surface area contributed by atoms with Gasteiger partial charge in [-0.25, -0.2) is 9.78 Å². The molecular formula is C16H11BrIN3O3S. The predicted molar refractivity (Wildman–Crippen MR) is 108 cm³/mol. The normalized spacial score (nSPS) is 21.0. The van der Waals surface area contributed by atoms with Crippen LogP contribution >= 0.6 is 50.3 Å². The van der Waals surface area contributed by atoms with Crippen LogP contribution in [0.15, 0.2) is 39.9 Å². The number of ether oxygens (including phenoxy) is 1. The van der Waals surface area contributed by atoms with E-state index < -0.39 is 10.8 Å². The molecule has 0 radical (unpaired) electrons. The minimum absolute atomic E-state index is 0.386. The van der Waals surface area contributed by atoms with E-state index in [9.17, 15) is 4.79 Å². The third-order valence-corrected chi connectivity index (χ3v) is 6.56. The van der Waals surface area contributed by atoms with Crippen LogP contribution in [0.2, 0.25) is 0 Å². The van der Waals surface area contributed by atoms with E-state index in [0.717, 1.165) is 31.3 Å². The van der Waals surface area contributed by atoms with Crippen LogP contribution in [0.4, 0.5) is 4.79 Å². The summed E-state index contributed by atoms with van der Waals surface area (Å²) in [5.74, 6) is 1.28. The zero-order valence-corrected chi connectivity index (χ0v) is 17.2. The molecule has 128 valence electrons. The zero-order chi connectivity index (χ0) is 17.6.